The van der Waals surface area contributed by atoms with Crippen LogP contribution in [0.4, 0.5) is 0 Å². The summed E-state index contributed by atoms with van der Waals surface area (Å²) < 4.78 is 0. The van der Waals surface area contributed by atoms with E-state index in [9.17, 15) is 4.79 Å². The van der Waals surface area contributed by atoms with E-state index in [1.54, 1.807) is 0 Å². The molecular weight excluding hydrogens is 236 g/mol. The van der Waals surface area contributed by atoms with Gasteiger partial charge in [0, 0.05) is 0 Å². The highest BCUT2D eigenvalue weighted by atomic mass is 35.5. The number of amides is 1. The Bertz CT molecular complexity index is 341. The van der Waals surface area contributed by atoms with Gasteiger partial charge in [0.15, 0.2) is 0 Å². The standard InChI is InChI=1S/C13H20N2O.ClH/c1-9(2)12(14)13(16)15-10(3)11-7-5-4-6-8-11;/h4-10,12H,14H2,1-3H3,(H,15,16);1H/t10-,12+;/m1./s1. The summed E-state index contributed by atoms with van der Waals surface area (Å²) in [6, 6.07) is 9.42. The van der Waals surface area contributed by atoms with E-state index >= 15 is 0 Å². The van der Waals surface area contributed by atoms with E-state index in [0.29, 0.717) is 0 Å². The molecule has 0 radical (unpaired) electrons. The fourth-order valence-electron chi connectivity index (χ4n) is 1.44. The van der Waals surface area contributed by atoms with Gasteiger partial charge in [-0.05, 0) is 18.4 Å². The molecule has 1 rings (SSSR count). The molecule has 17 heavy (non-hydrogen) atoms. The van der Waals surface area contributed by atoms with E-state index in [2.05, 4.69) is 5.32 Å². The fourth-order valence-corrected chi connectivity index (χ4v) is 1.44. The van der Waals surface area contributed by atoms with Crippen LogP contribution in [0.2, 0.25) is 0 Å². The molecule has 0 spiro atoms. The van der Waals surface area contributed by atoms with Crippen molar-refractivity contribution < 1.29 is 4.79 Å². The highest BCUT2D eigenvalue weighted by molar-refractivity contribution is 5.85. The lowest BCUT2D eigenvalue weighted by molar-refractivity contribution is -0.123. The van der Waals surface area contributed by atoms with Crippen LogP contribution in [0.1, 0.15) is 32.4 Å². The Morgan fingerprint density at radius 3 is 2.18 bits per heavy atom. The summed E-state index contributed by atoms with van der Waals surface area (Å²) in [5.41, 5.74) is 6.86. The van der Waals surface area contributed by atoms with Crippen molar-refractivity contribution in [2.24, 2.45) is 11.7 Å². The fraction of sp³-hybridized carbons (Fsp3) is 0.462. The van der Waals surface area contributed by atoms with E-state index < -0.39 is 6.04 Å². The molecule has 1 aromatic carbocycles. The first-order valence-corrected chi connectivity index (χ1v) is 5.63. The molecule has 4 heteroatoms. The summed E-state index contributed by atoms with van der Waals surface area (Å²) >= 11 is 0. The van der Waals surface area contributed by atoms with Gasteiger partial charge in [-0.15, -0.1) is 12.4 Å². The first-order valence-electron chi connectivity index (χ1n) is 5.63. The van der Waals surface area contributed by atoms with Gasteiger partial charge in [-0.2, -0.15) is 0 Å². The number of nitrogens with one attached hydrogen (secondary N) is 1. The van der Waals surface area contributed by atoms with E-state index in [-0.39, 0.29) is 30.3 Å². The zero-order valence-corrected chi connectivity index (χ0v) is 11.3. The molecule has 0 heterocycles. The van der Waals surface area contributed by atoms with Crippen molar-refractivity contribution in [2.45, 2.75) is 32.9 Å². The van der Waals surface area contributed by atoms with Crippen LogP contribution in [0.25, 0.3) is 0 Å². The SMILES string of the molecule is CC(C)[C@H](N)C(=O)N[C@H](C)c1ccccc1.Cl. The second-order valence-corrected chi connectivity index (χ2v) is 4.41. The van der Waals surface area contributed by atoms with Gasteiger partial charge in [-0.3, -0.25) is 4.79 Å². The van der Waals surface area contributed by atoms with Gasteiger partial charge in [0.25, 0.3) is 0 Å². The van der Waals surface area contributed by atoms with Crippen LogP contribution in [0, 0.1) is 5.92 Å². The maximum Gasteiger partial charge on any atom is 0.237 e. The van der Waals surface area contributed by atoms with Gasteiger partial charge in [0.1, 0.15) is 0 Å². The summed E-state index contributed by atoms with van der Waals surface area (Å²) in [4.78, 5) is 11.7. The molecule has 0 aliphatic heterocycles. The molecule has 3 N–H and O–H groups in total. The molecule has 0 saturated carbocycles. The highest BCUT2D eigenvalue weighted by Gasteiger charge is 2.19. The Hall–Kier alpha value is -1.06. The Morgan fingerprint density at radius 1 is 1.18 bits per heavy atom. The smallest absolute Gasteiger partial charge is 0.237 e. The Balaban J connectivity index is 0.00000256. The molecule has 2 atom stereocenters. The van der Waals surface area contributed by atoms with Crippen LogP contribution in [-0.4, -0.2) is 11.9 Å². The Morgan fingerprint density at radius 2 is 1.71 bits per heavy atom. The topological polar surface area (TPSA) is 55.1 Å². The van der Waals surface area contributed by atoms with Crippen molar-refractivity contribution >= 4 is 18.3 Å². The molecule has 0 unspecified atom stereocenters. The first-order chi connectivity index (χ1) is 7.52. The normalized spacial score (nSPS) is 13.7. The minimum atomic E-state index is -0.439. The van der Waals surface area contributed by atoms with Crippen molar-refractivity contribution in [1.29, 1.82) is 0 Å². The van der Waals surface area contributed by atoms with Crippen LogP contribution in [-0.2, 0) is 4.79 Å². The second-order valence-electron chi connectivity index (χ2n) is 4.41. The third-order valence-electron chi connectivity index (χ3n) is 2.68. The molecule has 1 aromatic rings. The van der Waals surface area contributed by atoms with Gasteiger partial charge in [-0.25, -0.2) is 0 Å². The van der Waals surface area contributed by atoms with Gasteiger partial charge in [0.2, 0.25) is 5.91 Å². The lowest BCUT2D eigenvalue weighted by Crippen LogP contribution is -2.44. The van der Waals surface area contributed by atoms with Gasteiger partial charge in [-0.1, -0.05) is 44.2 Å². The lowest BCUT2D eigenvalue weighted by atomic mass is 10.0. The molecule has 0 aliphatic carbocycles. The maximum atomic E-state index is 11.7. The molecule has 1 amide bonds. The first kappa shape index (κ1) is 15.9. The highest BCUT2D eigenvalue weighted by Crippen LogP contribution is 2.11. The summed E-state index contributed by atoms with van der Waals surface area (Å²) in [6.07, 6.45) is 0. The number of hydrogen-bond acceptors (Lipinski definition) is 2. The molecule has 0 aliphatic rings. The summed E-state index contributed by atoms with van der Waals surface area (Å²) in [5, 5.41) is 2.91. The van der Waals surface area contributed by atoms with Crippen LogP contribution >= 0.6 is 12.4 Å². The summed E-state index contributed by atoms with van der Waals surface area (Å²) in [6.45, 7) is 5.84. The number of hydrogen-bond donors (Lipinski definition) is 2. The van der Waals surface area contributed by atoms with Crippen molar-refractivity contribution in [3.8, 4) is 0 Å². The van der Waals surface area contributed by atoms with Gasteiger partial charge >= 0.3 is 0 Å². The summed E-state index contributed by atoms with van der Waals surface area (Å²) in [7, 11) is 0. The van der Waals surface area contributed by atoms with Gasteiger partial charge < -0.3 is 11.1 Å². The largest absolute Gasteiger partial charge is 0.348 e. The third-order valence-corrected chi connectivity index (χ3v) is 2.68. The Labute approximate surface area is 109 Å². The quantitative estimate of drug-likeness (QED) is 0.868. The molecule has 0 fully saturated rings. The van der Waals surface area contributed by atoms with E-state index in [4.69, 9.17) is 5.73 Å². The second kappa shape index (κ2) is 7.30. The van der Waals surface area contributed by atoms with Crippen molar-refractivity contribution in [2.75, 3.05) is 0 Å². The minimum absolute atomic E-state index is 0. The predicted molar refractivity (Wildman–Crippen MR) is 73.1 cm³/mol. The van der Waals surface area contributed by atoms with Crippen molar-refractivity contribution in [3.05, 3.63) is 35.9 Å². The summed E-state index contributed by atoms with van der Waals surface area (Å²) in [5.74, 6) is 0.0642. The van der Waals surface area contributed by atoms with E-state index in [1.165, 1.54) is 0 Å². The predicted octanol–water partition coefficient (Wildman–Crippen LogP) is 2.27. The number of halogens is 1. The zero-order valence-electron chi connectivity index (χ0n) is 10.5. The van der Waals surface area contributed by atoms with Crippen LogP contribution in [0.3, 0.4) is 0 Å². The number of carbonyl (C=O) groups excluding carboxylic acids is 1. The average Bonchev–Trinajstić information content (AvgIpc) is 2.28. The monoisotopic (exact) mass is 256 g/mol. The van der Waals surface area contributed by atoms with Crippen LogP contribution in [0.5, 0.6) is 0 Å². The molecule has 0 saturated heterocycles. The molecule has 96 valence electrons. The number of nitrogens with two attached hydrogens (primary N) is 1. The number of benzene rings is 1. The van der Waals surface area contributed by atoms with Gasteiger partial charge in [0.05, 0.1) is 12.1 Å². The minimum Gasteiger partial charge on any atom is -0.348 e. The molecule has 0 bridgehead atoms. The van der Waals surface area contributed by atoms with Crippen LogP contribution in [0.15, 0.2) is 30.3 Å². The average molecular weight is 257 g/mol. The molecule has 0 aromatic heterocycles. The van der Waals surface area contributed by atoms with Crippen molar-refractivity contribution in [3.63, 3.8) is 0 Å². The molecular formula is C13H21ClN2O. The Kier molecular flexibility index (Phi) is 6.85. The lowest BCUT2D eigenvalue weighted by Gasteiger charge is -2.19. The number of rotatable bonds is 4. The maximum absolute atomic E-state index is 11.7. The van der Waals surface area contributed by atoms with E-state index in [0.717, 1.165) is 5.56 Å². The van der Waals surface area contributed by atoms with Crippen molar-refractivity contribution in [1.82, 2.24) is 5.32 Å². The number of carbonyl (C=O) groups is 1. The molecule has 3 nitrogen and oxygen atoms in total. The van der Waals surface area contributed by atoms with E-state index in [1.807, 2.05) is 51.1 Å². The zero-order chi connectivity index (χ0) is 12.1. The third kappa shape index (κ3) is 4.75. The van der Waals surface area contributed by atoms with Crippen LogP contribution < -0.4 is 11.1 Å².